The maximum atomic E-state index is 11.4. The SMILES string of the molecule is CCc1nc(Cl)c2cccc(C(C)=O)n12. The maximum Gasteiger partial charge on any atom is 0.176 e. The quantitative estimate of drug-likeness (QED) is 0.733. The van der Waals surface area contributed by atoms with E-state index in [9.17, 15) is 4.79 Å². The van der Waals surface area contributed by atoms with Crippen LogP contribution in [0.2, 0.25) is 5.15 Å². The lowest BCUT2D eigenvalue weighted by molar-refractivity contribution is 0.101. The Balaban J connectivity index is 2.88. The Labute approximate surface area is 92.7 Å². The Hall–Kier alpha value is -1.35. The Morgan fingerprint density at radius 2 is 2.27 bits per heavy atom. The van der Waals surface area contributed by atoms with Crippen molar-refractivity contribution in [3.63, 3.8) is 0 Å². The third-order valence-electron chi connectivity index (χ3n) is 2.36. The van der Waals surface area contributed by atoms with Gasteiger partial charge in [-0.15, -0.1) is 0 Å². The minimum Gasteiger partial charge on any atom is -0.293 e. The fourth-order valence-electron chi connectivity index (χ4n) is 1.68. The van der Waals surface area contributed by atoms with E-state index in [2.05, 4.69) is 4.98 Å². The number of imidazole rings is 1. The van der Waals surface area contributed by atoms with E-state index in [1.165, 1.54) is 0 Å². The highest BCUT2D eigenvalue weighted by Crippen LogP contribution is 2.20. The number of aromatic nitrogens is 2. The molecule has 0 fully saturated rings. The Morgan fingerprint density at radius 3 is 2.87 bits per heavy atom. The van der Waals surface area contributed by atoms with Crippen molar-refractivity contribution in [1.29, 1.82) is 0 Å². The van der Waals surface area contributed by atoms with E-state index in [-0.39, 0.29) is 5.78 Å². The van der Waals surface area contributed by atoms with Crippen molar-refractivity contribution in [3.05, 3.63) is 34.9 Å². The van der Waals surface area contributed by atoms with Crippen molar-refractivity contribution < 1.29 is 4.79 Å². The first-order chi connectivity index (χ1) is 7.15. The second-order valence-electron chi connectivity index (χ2n) is 3.36. The highest BCUT2D eigenvalue weighted by molar-refractivity contribution is 6.32. The second-order valence-corrected chi connectivity index (χ2v) is 3.72. The van der Waals surface area contributed by atoms with Crippen LogP contribution in [0.4, 0.5) is 0 Å². The van der Waals surface area contributed by atoms with Gasteiger partial charge in [0.05, 0.1) is 11.2 Å². The van der Waals surface area contributed by atoms with E-state index in [4.69, 9.17) is 11.6 Å². The monoisotopic (exact) mass is 222 g/mol. The van der Waals surface area contributed by atoms with E-state index in [1.807, 2.05) is 23.5 Å². The largest absolute Gasteiger partial charge is 0.293 e. The fraction of sp³-hybridized carbons (Fsp3) is 0.273. The first kappa shape index (κ1) is 10.2. The summed E-state index contributed by atoms with van der Waals surface area (Å²) in [6.07, 6.45) is 0.748. The van der Waals surface area contributed by atoms with Gasteiger partial charge in [0, 0.05) is 13.3 Å². The molecule has 0 bridgehead atoms. The molecular formula is C11H11ClN2O. The van der Waals surface area contributed by atoms with Crippen molar-refractivity contribution in [3.8, 4) is 0 Å². The average Bonchev–Trinajstić information content (AvgIpc) is 2.55. The van der Waals surface area contributed by atoms with Crippen molar-refractivity contribution in [2.24, 2.45) is 0 Å². The van der Waals surface area contributed by atoms with E-state index in [1.54, 1.807) is 13.0 Å². The van der Waals surface area contributed by atoms with Gasteiger partial charge >= 0.3 is 0 Å². The van der Waals surface area contributed by atoms with Crippen LogP contribution >= 0.6 is 11.6 Å². The van der Waals surface area contributed by atoms with Gasteiger partial charge in [-0.2, -0.15) is 0 Å². The molecule has 15 heavy (non-hydrogen) atoms. The number of nitrogens with zero attached hydrogens (tertiary/aromatic N) is 2. The smallest absolute Gasteiger partial charge is 0.176 e. The predicted molar refractivity (Wildman–Crippen MR) is 59.6 cm³/mol. The Bertz CT molecular complexity index is 531. The van der Waals surface area contributed by atoms with Crippen LogP contribution in [0.15, 0.2) is 18.2 Å². The molecule has 2 rings (SSSR count). The molecule has 0 N–H and O–H groups in total. The highest BCUT2D eigenvalue weighted by atomic mass is 35.5. The van der Waals surface area contributed by atoms with E-state index in [0.29, 0.717) is 10.8 Å². The van der Waals surface area contributed by atoms with Gasteiger partial charge in [-0.05, 0) is 12.1 Å². The van der Waals surface area contributed by atoms with Gasteiger partial charge in [0.25, 0.3) is 0 Å². The molecule has 0 atom stereocenters. The van der Waals surface area contributed by atoms with Gasteiger partial charge in [-0.25, -0.2) is 4.98 Å². The number of aryl methyl sites for hydroxylation is 1. The number of pyridine rings is 1. The molecule has 0 unspecified atom stereocenters. The maximum absolute atomic E-state index is 11.4. The molecule has 78 valence electrons. The summed E-state index contributed by atoms with van der Waals surface area (Å²) < 4.78 is 1.82. The van der Waals surface area contributed by atoms with Crippen LogP contribution in [0, 0.1) is 0 Å². The van der Waals surface area contributed by atoms with Crippen molar-refractivity contribution >= 4 is 22.9 Å². The van der Waals surface area contributed by atoms with E-state index >= 15 is 0 Å². The second kappa shape index (κ2) is 3.66. The number of ketones is 1. The molecule has 0 radical (unpaired) electrons. The number of carbonyl (C=O) groups is 1. The molecule has 2 heterocycles. The summed E-state index contributed by atoms with van der Waals surface area (Å²) in [5, 5.41) is 0.454. The molecule has 0 aromatic carbocycles. The van der Waals surface area contributed by atoms with Gasteiger partial charge in [0.2, 0.25) is 0 Å². The molecule has 0 saturated heterocycles. The van der Waals surface area contributed by atoms with E-state index < -0.39 is 0 Å². The summed E-state index contributed by atoms with van der Waals surface area (Å²) in [6.45, 7) is 3.53. The lowest BCUT2D eigenvalue weighted by Gasteiger charge is -2.03. The van der Waals surface area contributed by atoms with Crippen molar-refractivity contribution in [2.45, 2.75) is 20.3 Å². The molecule has 0 aliphatic heterocycles. The summed E-state index contributed by atoms with van der Waals surface area (Å²) in [6, 6.07) is 5.46. The fourth-order valence-corrected chi connectivity index (χ4v) is 1.93. The molecular weight excluding hydrogens is 212 g/mol. The van der Waals surface area contributed by atoms with E-state index in [0.717, 1.165) is 17.8 Å². The lowest BCUT2D eigenvalue weighted by Crippen LogP contribution is -2.04. The zero-order valence-electron chi connectivity index (χ0n) is 8.62. The number of halogens is 1. The Morgan fingerprint density at radius 1 is 1.53 bits per heavy atom. The molecule has 0 spiro atoms. The van der Waals surface area contributed by atoms with Crippen LogP contribution in [-0.2, 0) is 6.42 Å². The first-order valence-electron chi connectivity index (χ1n) is 4.82. The summed E-state index contributed by atoms with van der Waals surface area (Å²) in [5.74, 6) is 0.838. The minimum atomic E-state index is 0.0179. The average molecular weight is 223 g/mol. The van der Waals surface area contributed by atoms with Crippen LogP contribution in [0.3, 0.4) is 0 Å². The standard InChI is InChI=1S/C11H11ClN2O/c1-3-10-13-11(12)9-6-4-5-8(7(2)15)14(9)10/h4-6H,3H2,1-2H3. The number of rotatable bonds is 2. The van der Waals surface area contributed by atoms with Gasteiger partial charge in [0.1, 0.15) is 5.82 Å². The predicted octanol–water partition coefficient (Wildman–Crippen LogP) is 2.75. The number of hydrogen-bond acceptors (Lipinski definition) is 2. The minimum absolute atomic E-state index is 0.0179. The zero-order chi connectivity index (χ0) is 11.0. The number of hydrogen-bond donors (Lipinski definition) is 0. The van der Waals surface area contributed by atoms with Crippen LogP contribution in [-0.4, -0.2) is 15.2 Å². The van der Waals surface area contributed by atoms with Crippen LogP contribution < -0.4 is 0 Å². The lowest BCUT2D eigenvalue weighted by atomic mass is 10.2. The number of fused-ring (bicyclic) bond motifs is 1. The molecule has 2 aromatic heterocycles. The first-order valence-corrected chi connectivity index (χ1v) is 5.19. The highest BCUT2D eigenvalue weighted by Gasteiger charge is 2.12. The van der Waals surface area contributed by atoms with Gasteiger partial charge < -0.3 is 0 Å². The summed E-state index contributed by atoms with van der Waals surface area (Å²) in [5.41, 5.74) is 1.42. The van der Waals surface area contributed by atoms with Crippen molar-refractivity contribution in [1.82, 2.24) is 9.38 Å². The van der Waals surface area contributed by atoms with Crippen LogP contribution in [0.25, 0.3) is 5.52 Å². The third-order valence-corrected chi connectivity index (χ3v) is 2.64. The van der Waals surface area contributed by atoms with Gasteiger partial charge in [-0.3, -0.25) is 9.20 Å². The summed E-state index contributed by atoms with van der Waals surface area (Å²) in [7, 11) is 0. The van der Waals surface area contributed by atoms with Crippen LogP contribution in [0.1, 0.15) is 30.2 Å². The topological polar surface area (TPSA) is 34.4 Å². The zero-order valence-corrected chi connectivity index (χ0v) is 9.38. The molecule has 0 saturated carbocycles. The molecule has 0 aliphatic carbocycles. The Kier molecular flexibility index (Phi) is 2.49. The molecule has 0 amide bonds. The van der Waals surface area contributed by atoms with Crippen molar-refractivity contribution in [2.75, 3.05) is 0 Å². The number of Topliss-reactive ketones (excluding diaryl/α,β-unsaturated/α-hetero) is 1. The number of carbonyl (C=O) groups excluding carboxylic acids is 1. The molecule has 3 nitrogen and oxygen atoms in total. The van der Waals surface area contributed by atoms with Gasteiger partial charge in [0.15, 0.2) is 10.9 Å². The third kappa shape index (κ3) is 1.53. The molecule has 0 aliphatic rings. The summed E-state index contributed by atoms with van der Waals surface area (Å²) >= 11 is 5.99. The molecule has 2 aromatic rings. The normalized spacial score (nSPS) is 10.9. The van der Waals surface area contributed by atoms with Gasteiger partial charge in [-0.1, -0.05) is 24.6 Å². The summed E-state index contributed by atoms with van der Waals surface area (Å²) in [4.78, 5) is 15.7. The molecule has 4 heteroatoms. The van der Waals surface area contributed by atoms with Crippen LogP contribution in [0.5, 0.6) is 0 Å².